The highest BCUT2D eigenvalue weighted by molar-refractivity contribution is 5.84. The summed E-state index contributed by atoms with van der Waals surface area (Å²) in [6, 6.07) is -1.43. The third-order valence-electron chi connectivity index (χ3n) is 8.97. The lowest BCUT2D eigenvalue weighted by Gasteiger charge is -2.14. The van der Waals surface area contributed by atoms with Gasteiger partial charge in [0.05, 0.1) is 19.8 Å². The van der Waals surface area contributed by atoms with E-state index < -0.39 is 18.0 Å². The zero-order valence-electron chi connectivity index (χ0n) is 32.8. The third-order valence-corrected chi connectivity index (χ3v) is 8.97. The first kappa shape index (κ1) is 49.7. The van der Waals surface area contributed by atoms with Gasteiger partial charge in [0.1, 0.15) is 12.6 Å². The lowest BCUT2D eigenvalue weighted by Crippen LogP contribution is -2.41. The average Bonchev–Trinajstić information content (AvgIpc) is 3.12. The number of carbonyl (C=O) groups is 6. The van der Waals surface area contributed by atoms with Crippen molar-refractivity contribution in [2.75, 3.05) is 46.1 Å². The fourth-order valence-corrected chi connectivity index (χ4v) is 5.68. The third kappa shape index (κ3) is 34.3. The SMILES string of the molecule is CCCC(C)C(=O)COCCOCCNC(=O)NCCCCNC(=O)CC[C@H](NC(=O)CCCCCCCCCCCCCCCCC(=O)O)C(=O)O. The fourth-order valence-electron chi connectivity index (χ4n) is 5.68. The van der Waals surface area contributed by atoms with Crippen LogP contribution in [-0.2, 0) is 33.4 Å². The second-order valence-corrected chi connectivity index (χ2v) is 13.9. The predicted molar refractivity (Wildman–Crippen MR) is 205 cm³/mol. The monoisotopic (exact) mass is 757 g/mol. The lowest BCUT2D eigenvalue weighted by molar-refractivity contribution is -0.142. The minimum absolute atomic E-state index is 0.00867. The predicted octanol–water partition coefficient (Wildman–Crippen LogP) is 5.90. The van der Waals surface area contributed by atoms with Crippen molar-refractivity contribution in [1.82, 2.24) is 21.3 Å². The van der Waals surface area contributed by atoms with Gasteiger partial charge in [-0.3, -0.25) is 19.2 Å². The number of ketones is 1. The van der Waals surface area contributed by atoms with Crippen LogP contribution in [0.25, 0.3) is 0 Å². The summed E-state index contributed by atoms with van der Waals surface area (Å²) in [5, 5.41) is 28.9. The Balaban J connectivity index is 3.70. The smallest absolute Gasteiger partial charge is 0.326 e. The number of ether oxygens (including phenoxy) is 2. The summed E-state index contributed by atoms with van der Waals surface area (Å²) in [4.78, 5) is 70.4. The molecule has 308 valence electrons. The molecule has 0 saturated heterocycles. The normalized spacial score (nSPS) is 12.1. The summed E-state index contributed by atoms with van der Waals surface area (Å²) in [5.41, 5.74) is 0. The molecule has 0 spiro atoms. The molecule has 0 rings (SSSR count). The molecule has 0 aliphatic rings. The highest BCUT2D eigenvalue weighted by Gasteiger charge is 2.20. The van der Waals surface area contributed by atoms with Gasteiger partial charge in [-0.2, -0.15) is 0 Å². The Morgan fingerprint density at radius 3 is 1.60 bits per heavy atom. The molecule has 0 radical (unpaired) electrons. The highest BCUT2D eigenvalue weighted by Crippen LogP contribution is 2.14. The number of hydrogen-bond donors (Lipinski definition) is 6. The molecular weight excluding hydrogens is 684 g/mol. The fraction of sp³-hybridized carbons (Fsp3) is 0.846. The molecule has 0 heterocycles. The quantitative estimate of drug-likeness (QED) is 0.0411. The van der Waals surface area contributed by atoms with E-state index in [-0.39, 0.29) is 61.8 Å². The maximum absolute atomic E-state index is 12.3. The molecule has 1 unspecified atom stereocenters. The largest absolute Gasteiger partial charge is 0.481 e. The Hall–Kier alpha value is -3.26. The number of carboxylic acids is 2. The molecule has 0 aromatic heterocycles. The summed E-state index contributed by atoms with van der Waals surface area (Å²) < 4.78 is 10.7. The number of amides is 4. The first-order valence-electron chi connectivity index (χ1n) is 20.3. The van der Waals surface area contributed by atoms with Crippen molar-refractivity contribution in [2.45, 2.75) is 161 Å². The Labute approximate surface area is 318 Å². The van der Waals surface area contributed by atoms with Crippen LogP contribution in [0, 0.1) is 5.92 Å². The molecule has 2 atom stereocenters. The Kier molecular flexibility index (Phi) is 33.6. The number of hydrogen-bond acceptors (Lipinski definition) is 8. The van der Waals surface area contributed by atoms with Gasteiger partial charge in [0.15, 0.2) is 5.78 Å². The van der Waals surface area contributed by atoms with E-state index in [1.54, 1.807) is 0 Å². The van der Waals surface area contributed by atoms with Crippen molar-refractivity contribution < 1.29 is 48.5 Å². The first-order valence-corrected chi connectivity index (χ1v) is 20.3. The zero-order chi connectivity index (χ0) is 39.4. The number of carbonyl (C=O) groups excluding carboxylic acids is 4. The molecule has 0 saturated carbocycles. The standard InChI is InChI=1S/C39H72N4O10/c1-3-20-32(2)34(44)31-53-30-29-52-28-27-42-39(51)41-26-19-18-25-40-35(45)24-23-33(38(49)50)43-36(46)21-16-14-12-10-8-6-4-5-7-9-11-13-15-17-22-37(47)48/h32-33H,3-31H2,1-2H3,(H,40,45)(H,43,46)(H,47,48)(H,49,50)(H2,41,42,51)/t32?,33-/m0/s1. The van der Waals surface area contributed by atoms with Crippen LogP contribution in [-0.4, -0.2) is 97.9 Å². The van der Waals surface area contributed by atoms with Gasteiger partial charge in [-0.25, -0.2) is 9.59 Å². The maximum Gasteiger partial charge on any atom is 0.326 e. The Morgan fingerprint density at radius 2 is 1.06 bits per heavy atom. The molecule has 0 fully saturated rings. The van der Waals surface area contributed by atoms with Gasteiger partial charge < -0.3 is 41.0 Å². The van der Waals surface area contributed by atoms with Crippen LogP contribution in [0.3, 0.4) is 0 Å². The number of Topliss-reactive ketones (excluding diaryl/α,β-unsaturated/α-hetero) is 1. The van der Waals surface area contributed by atoms with Crippen LogP contribution in [0.15, 0.2) is 0 Å². The van der Waals surface area contributed by atoms with Crippen LogP contribution >= 0.6 is 0 Å². The van der Waals surface area contributed by atoms with E-state index in [0.29, 0.717) is 58.7 Å². The zero-order valence-corrected chi connectivity index (χ0v) is 32.8. The first-order chi connectivity index (χ1) is 25.6. The summed E-state index contributed by atoms with van der Waals surface area (Å²) in [5.74, 6) is -2.36. The molecule has 0 aliphatic heterocycles. The van der Waals surface area contributed by atoms with Gasteiger partial charge >= 0.3 is 18.0 Å². The van der Waals surface area contributed by atoms with Crippen LogP contribution in [0.1, 0.15) is 155 Å². The second-order valence-electron chi connectivity index (χ2n) is 13.9. The molecule has 6 N–H and O–H groups in total. The summed E-state index contributed by atoms with van der Waals surface area (Å²) >= 11 is 0. The van der Waals surface area contributed by atoms with Crippen LogP contribution in [0.4, 0.5) is 4.79 Å². The van der Waals surface area contributed by atoms with Gasteiger partial charge in [0.2, 0.25) is 11.8 Å². The van der Waals surface area contributed by atoms with Crippen LogP contribution in [0.5, 0.6) is 0 Å². The van der Waals surface area contributed by atoms with Crippen molar-refractivity contribution >= 4 is 35.6 Å². The minimum atomic E-state index is -1.16. The van der Waals surface area contributed by atoms with E-state index in [9.17, 15) is 33.9 Å². The molecule has 14 nitrogen and oxygen atoms in total. The summed E-state index contributed by atoms with van der Waals surface area (Å²) in [6.45, 7) is 6.16. The molecule has 0 aromatic carbocycles. The van der Waals surface area contributed by atoms with E-state index in [2.05, 4.69) is 21.3 Å². The lowest BCUT2D eigenvalue weighted by atomic mass is 10.0. The van der Waals surface area contributed by atoms with E-state index in [4.69, 9.17) is 14.6 Å². The number of urea groups is 1. The molecule has 0 bridgehead atoms. The molecule has 53 heavy (non-hydrogen) atoms. The minimum Gasteiger partial charge on any atom is -0.481 e. The molecule has 4 amide bonds. The van der Waals surface area contributed by atoms with Gasteiger partial charge in [-0.1, -0.05) is 97.3 Å². The average molecular weight is 757 g/mol. The topological polar surface area (TPSA) is 209 Å². The van der Waals surface area contributed by atoms with Crippen LogP contribution < -0.4 is 21.3 Å². The van der Waals surface area contributed by atoms with Gasteiger partial charge in [-0.05, 0) is 38.5 Å². The summed E-state index contributed by atoms with van der Waals surface area (Å²) in [6.07, 6.45) is 18.8. The number of aliphatic carboxylic acids is 2. The number of nitrogens with one attached hydrogen (secondary N) is 4. The number of unbranched alkanes of at least 4 members (excludes halogenated alkanes) is 14. The van der Waals surface area contributed by atoms with E-state index in [1.165, 1.54) is 44.9 Å². The maximum atomic E-state index is 12.3. The molecule has 14 heteroatoms. The van der Waals surface area contributed by atoms with Crippen LogP contribution in [0.2, 0.25) is 0 Å². The van der Waals surface area contributed by atoms with E-state index in [1.807, 2.05) is 13.8 Å². The van der Waals surface area contributed by atoms with Gasteiger partial charge in [0.25, 0.3) is 0 Å². The van der Waals surface area contributed by atoms with Crippen molar-refractivity contribution in [2.24, 2.45) is 5.92 Å². The molecular formula is C39H72N4O10. The van der Waals surface area contributed by atoms with Crippen molar-refractivity contribution in [3.63, 3.8) is 0 Å². The van der Waals surface area contributed by atoms with Gasteiger partial charge in [0, 0.05) is 44.8 Å². The number of carboxylic acid groups (broad SMARTS) is 2. The second kappa shape index (κ2) is 35.8. The summed E-state index contributed by atoms with van der Waals surface area (Å²) in [7, 11) is 0. The van der Waals surface area contributed by atoms with E-state index >= 15 is 0 Å². The Morgan fingerprint density at radius 1 is 0.547 bits per heavy atom. The van der Waals surface area contributed by atoms with Crippen molar-refractivity contribution in [1.29, 1.82) is 0 Å². The van der Waals surface area contributed by atoms with Crippen molar-refractivity contribution in [3.05, 3.63) is 0 Å². The highest BCUT2D eigenvalue weighted by atomic mass is 16.5. The molecule has 0 aliphatic carbocycles. The van der Waals surface area contributed by atoms with Crippen molar-refractivity contribution in [3.8, 4) is 0 Å². The van der Waals surface area contributed by atoms with Gasteiger partial charge in [-0.15, -0.1) is 0 Å². The van der Waals surface area contributed by atoms with E-state index in [0.717, 1.165) is 51.4 Å². The Bertz CT molecular complexity index is 997. The number of rotatable bonds is 38. The molecule has 0 aromatic rings.